The van der Waals surface area contributed by atoms with E-state index in [0.29, 0.717) is 5.76 Å². The van der Waals surface area contributed by atoms with Gasteiger partial charge >= 0.3 is 6.03 Å². The predicted molar refractivity (Wildman–Crippen MR) is 94.1 cm³/mol. The molecule has 128 valence electrons. The molecule has 3 rings (SSSR count). The molecule has 1 aromatic carbocycles. The van der Waals surface area contributed by atoms with Gasteiger partial charge in [-0.1, -0.05) is 17.7 Å². The minimum Gasteiger partial charge on any atom is -0.466 e. The van der Waals surface area contributed by atoms with Gasteiger partial charge in [0.15, 0.2) is 0 Å². The third kappa shape index (κ3) is 3.76. The number of nitrogens with one attached hydrogen (secondary N) is 2. The van der Waals surface area contributed by atoms with Crippen LogP contribution in [0.25, 0.3) is 0 Å². The number of carbonyl (C=O) groups is 1. The average molecular weight is 346 g/mol. The molecule has 0 fully saturated rings. The van der Waals surface area contributed by atoms with Gasteiger partial charge in [0.05, 0.1) is 18.8 Å². The van der Waals surface area contributed by atoms with Crippen LogP contribution in [0, 0.1) is 6.92 Å². The summed E-state index contributed by atoms with van der Waals surface area (Å²) in [6.07, 6.45) is 2.39. The second kappa shape index (κ2) is 6.91. The van der Waals surface area contributed by atoms with Crippen molar-refractivity contribution in [2.45, 2.75) is 36.8 Å². The molecule has 1 aliphatic heterocycles. The van der Waals surface area contributed by atoms with E-state index >= 15 is 0 Å². The van der Waals surface area contributed by atoms with E-state index in [-0.39, 0.29) is 18.6 Å². The van der Waals surface area contributed by atoms with Crippen molar-refractivity contribution in [3.05, 3.63) is 53.5 Å². The molecule has 0 aliphatic carbocycles. The Morgan fingerprint density at radius 3 is 3.04 bits per heavy atom. The van der Waals surface area contributed by atoms with Crippen molar-refractivity contribution in [3.8, 4) is 0 Å². The van der Waals surface area contributed by atoms with Gasteiger partial charge < -0.3 is 20.2 Å². The van der Waals surface area contributed by atoms with Crippen LogP contribution >= 0.6 is 11.8 Å². The van der Waals surface area contributed by atoms with E-state index in [2.05, 4.69) is 35.8 Å². The first kappa shape index (κ1) is 16.9. The minimum absolute atomic E-state index is 0.00490. The normalized spacial score (nSPS) is 19.2. The number of furan rings is 1. The van der Waals surface area contributed by atoms with Gasteiger partial charge in [0, 0.05) is 10.6 Å². The van der Waals surface area contributed by atoms with Gasteiger partial charge in [-0.25, -0.2) is 4.79 Å². The lowest BCUT2D eigenvalue weighted by Crippen LogP contribution is -2.44. The van der Waals surface area contributed by atoms with Crippen molar-refractivity contribution in [1.82, 2.24) is 10.6 Å². The number of rotatable bonds is 4. The fourth-order valence-electron chi connectivity index (χ4n) is 2.80. The molecule has 24 heavy (non-hydrogen) atoms. The fourth-order valence-corrected chi connectivity index (χ4v) is 3.90. The van der Waals surface area contributed by atoms with E-state index < -0.39 is 5.60 Å². The first-order valence-electron chi connectivity index (χ1n) is 8.00. The Morgan fingerprint density at radius 2 is 2.29 bits per heavy atom. The molecule has 3 N–H and O–H groups in total. The molecule has 1 aliphatic rings. The molecular formula is C18H22N2O3S. The Kier molecular flexibility index (Phi) is 4.87. The molecule has 2 heterocycles. The monoisotopic (exact) mass is 346 g/mol. The summed E-state index contributed by atoms with van der Waals surface area (Å²) in [6.45, 7) is 3.74. The second-order valence-electron chi connectivity index (χ2n) is 6.31. The summed E-state index contributed by atoms with van der Waals surface area (Å²) in [7, 11) is 0. The minimum atomic E-state index is -1.24. The Hall–Kier alpha value is -1.92. The molecule has 2 amide bonds. The van der Waals surface area contributed by atoms with Gasteiger partial charge in [-0.3, -0.25) is 0 Å². The molecule has 0 radical (unpaired) electrons. The quantitative estimate of drug-likeness (QED) is 0.794. The van der Waals surface area contributed by atoms with Gasteiger partial charge in [0.2, 0.25) is 0 Å². The van der Waals surface area contributed by atoms with Crippen LogP contribution in [0.4, 0.5) is 4.79 Å². The van der Waals surface area contributed by atoms with Crippen molar-refractivity contribution in [3.63, 3.8) is 0 Å². The first-order chi connectivity index (χ1) is 11.5. The fraction of sp³-hybridized carbons (Fsp3) is 0.389. The average Bonchev–Trinajstić information content (AvgIpc) is 3.09. The number of amides is 2. The summed E-state index contributed by atoms with van der Waals surface area (Å²) in [5.74, 6) is 1.41. The number of aryl methyl sites for hydroxylation is 1. The van der Waals surface area contributed by atoms with Gasteiger partial charge in [0.1, 0.15) is 11.4 Å². The highest BCUT2D eigenvalue weighted by Gasteiger charge is 2.28. The van der Waals surface area contributed by atoms with Crippen LogP contribution in [0.15, 0.2) is 45.9 Å². The summed E-state index contributed by atoms with van der Waals surface area (Å²) in [6, 6.07) is 9.45. The lowest BCUT2D eigenvalue weighted by molar-refractivity contribution is 0.0366. The Balaban J connectivity index is 1.61. The van der Waals surface area contributed by atoms with E-state index in [4.69, 9.17) is 4.42 Å². The number of fused-ring (bicyclic) bond motifs is 1. The molecule has 2 aromatic rings. The molecule has 2 unspecified atom stereocenters. The second-order valence-corrected chi connectivity index (χ2v) is 7.45. The number of hydrogen-bond donors (Lipinski definition) is 3. The molecule has 0 spiro atoms. The van der Waals surface area contributed by atoms with Crippen LogP contribution < -0.4 is 10.6 Å². The Bertz CT molecular complexity index is 713. The van der Waals surface area contributed by atoms with Gasteiger partial charge in [-0.15, -0.1) is 11.8 Å². The summed E-state index contributed by atoms with van der Waals surface area (Å²) < 4.78 is 5.22. The van der Waals surface area contributed by atoms with Crippen molar-refractivity contribution >= 4 is 17.8 Å². The van der Waals surface area contributed by atoms with E-state index in [1.807, 2.05) is 11.8 Å². The maximum absolute atomic E-state index is 12.3. The zero-order chi connectivity index (χ0) is 17.2. The van der Waals surface area contributed by atoms with Crippen LogP contribution in [-0.2, 0) is 5.60 Å². The SMILES string of the molecule is Cc1ccc2c(c1)C(NC(=O)NCC(C)(O)c1ccco1)CCS2. The third-order valence-electron chi connectivity index (χ3n) is 4.16. The number of carbonyl (C=O) groups excluding carboxylic acids is 1. The summed E-state index contributed by atoms with van der Waals surface area (Å²) in [5.41, 5.74) is 1.11. The Morgan fingerprint density at radius 1 is 1.46 bits per heavy atom. The number of benzene rings is 1. The van der Waals surface area contributed by atoms with Gasteiger partial charge in [-0.05, 0) is 44.0 Å². The molecule has 1 aromatic heterocycles. The smallest absolute Gasteiger partial charge is 0.315 e. The Labute approximate surface area is 145 Å². The van der Waals surface area contributed by atoms with Crippen molar-refractivity contribution < 1.29 is 14.3 Å². The maximum Gasteiger partial charge on any atom is 0.315 e. The predicted octanol–water partition coefficient (Wildman–Crippen LogP) is 3.33. The molecule has 6 heteroatoms. The van der Waals surface area contributed by atoms with E-state index in [9.17, 15) is 9.90 Å². The number of urea groups is 1. The van der Waals surface area contributed by atoms with Crippen LogP contribution in [0.2, 0.25) is 0 Å². The molecule has 0 saturated heterocycles. The van der Waals surface area contributed by atoms with Crippen LogP contribution in [0.1, 0.15) is 36.3 Å². The zero-order valence-corrected chi connectivity index (χ0v) is 14.7. The van der Waals surface area contributed by atoms with E-state index in [1.54, 1.807) is 19.1 Å². The maximum atomic E-state index is 12.3. The highest BCUT2D eigenvalue weighted by molar-refractivity contribution is 7.99. The summed E-state index contributed by atoms with van der Waals surface area (Å²) in [5, 5.41) is 16.1. The number of aliphatic hydroxyl groups is 1. The first-order valence-corrected chi connectivity index (χ1v) is 8.98. The van der Waals surface area contributed by atoms with E-state index in [0.717, 1.165) is 12.2 Å². The molecule has 2 atom stereocenters. The van der Waals surface area contributed by atoms with Crippen LogP contribution in [-0.4, -0.2) is 23.4 Å². The van der Waals surface area contributed by atoms with Crippen LogP contribution in [0.5, 0.6) is 0 Å². The topological polar surface area (TPSA) is 74.5 Å². The largest absolute Gasteiger partial charge is 0.466 e. The highest BCUT2D eigenvalue weighted by atomic mass is 32.2. The van der Waals surface area contributed by atoms with Gasteiger partial charge in [-0.2, -0.15) is 0 Å². The summed E-state index contributed by atoms with van der Waals surface area (Å²) in [4.78, 5) is 13.5. The molecular weight excluding hydrogens is 324 g/mol. The van der Waals surface area contributed by atoms with Gasteiger partial charge in [0.25, 0.3) is 0 Å². The van der Waals surface area contributed by atoms with Crippen LogP contribution in [0.3, 0.4) is 0 Å². The zero-order valence-electron chi connectivity index (χ0n) is 13.8. The van der Waals surface area contributed by atoms with Crippen molar-refractivity contribution in [1.29, 1.82) is 0 Å². The standard InChI is InChI=1S/C18H22N2O3S/c1-12-5-6-15-13(10-12)14(7-9-24-15)20-17(21)19-11-18(2,22)16-4-3-8-23-16/h3-6,8,10,14,22H,7,9,11H2,1-2H3,(H2,19,20,21). The molecule has 0 saturated carbocycles. The summed E-state index contributed by atoms with van der Waals surface area (Å²) >= 11 is 1.82. The lowest BCUT2D eigenvalue weighted by atomic mass is 10.0. The van der Waals surface area contributed by atoms with Crippen molar-refractivity contribution in [2.24, 2.45) is 0 Å². The highest BCUT2D eigenvalue weighted by Crippen LogP contribution is 2.36. The number of thioether (sulfide) groups is 1. The molecule has 0 bridgehead atoms. The van der Waals surface area contributed by atoms with E-state index in [1.165, 1.54) is 22.3 Å². The number of hydrogen-bond acceptors (Lipinski definition) is 4. The molecule has 5 nitrogen and oxygen atoms in total. The van der Waals surface area contributed by atoms with Crippen molar-refractivity contribution in [2.75, 3.05) is 12.3 Å². The third-order valence-corrected chi connectivity index (χ3v) is 5.28. The lowest BCUT2D eigenvalue weighted by Gasteiger charge is -2.27.